The molecular formula is C10H16F3NO3. The smallest absolute Gasteiger partial charge is 0.401 e. The Morgan fingerprint density at radius 2 is 1.94 bits per heavy atom. The number of rotatable bonds is 5. The lowest BCUT2D eigenvalue weighted by Gasteiger charge is -2.30. The highest BCUT2D eigenvalue weighted by Gasteiger charge is 2.43. The van der Waals surface area contributed by atoms with Crippen LogP contribution in [0.2, 0.25) is 0 Å². The van der Waals surface area contributed by atoms with Crippen LogP contribution in [0, 0.1) is 0 Å². The number of hydrogen-bond acceptors (Lipinski definition) is 4. The van der Waals surface area contributed by atoms with Crippen molar-refractivity contribution in [3.05, 3.63) is 0 Å². The minimum absolute atomic E-state index is 0.201. The fourth-order valence-electron chi connectivity index (χ4n) is 1.66. The molecule has 4 nitrogen and oxygen atoms in total. The minimum Gasteiger partial charge on any atom is -0.467 e. The van der Waals surface area contributed by atoms with E-state index in [-0.39, 0.29) is 12.6 Å². The van der Waals surface area contributed by atoms with E-state index in [9.17, 15) is 23.1 Å². The van der Waals surface area contributed by atoms with Gasteiger partial charge in [-0.3, -0.25) is 4.90 Å². The van der Waals surface area contributed by atoms with Gasteiger partial charge in [0.25, 0.3) is 0 Å². The molecule has 1 aliphatic carbocycles. The van der Waals surface area contributed by atoms with Gasteiger partial charge in [-0.15, -0.1) is 0 Å². The summed E-state index contributed by atoms with van der Waals surface area (Å²) in [6, 6.07) is -0.201. The highest BCUT2D eigenvalue weighted by atomic mass is 19.4. The third-order valence-electron chi connectivity index (χ3n) is 2.58. The monoisotopic (exact) mass is 255 g/mol. The Balaban J connectivity index is 2.63. The van der Waals surface area contributed by atoms with Crippen LogP contribution < -0.4 is 0 Å². The number of carbonyl (C=O) groups excluding carboxylic acids is 1. The van der Waals surface area contributed by atoms with Crippen molar-refractivity contribution in [2.45, 2.75) is 37.6 Å². The zero-order chi connectivity index (χ0) is 13.3. The molecule has 0 aromatic heterocycles. The number of halogens is 3. The first kappa shape index (κ1) is 14.2. The molecule has 1 saturated carbocycles. The van der Waals surface area contributed by atoms with Crippen LogP contribution in [-0.2, 0) is 9.53 Å². The van der Waals surface area contributed by atoms with Crippen molar-refractivity contribution < 1.29 is 27.8 Å². The maximum atomic E-state index is 12.3. The molecule has 1 atom stereocenters. The SMILES string of the molecule is COC(=O)C(C)(O)CN(CC(F)(F)F)C1CC1. The van der Waals surface area contributed by atoms with Crippen LogP contribution >= 0.6 is 0 Å². The van der Waals surface area contributed by atoms with E-state index in [0.29, 0.717) is 12.8 Å². The number of nitrogens with zero attached hydrogens (tertiary/aromatic N) is 1. The molecule has 0 spiro atoms. The van der Waals surface area contributed by atoms with Gasteiger partial charge in [-0.25, -0.2) is 4.79 Å². The molecule has 7 heteroatoms. The lowest BCUT2D eigenvalue weighted by Crippen LogP contribution is -2.50. The molecule has 1 unspecified atom stereocenters. The summed E-state index contributed by atoms with van der Waals surface area (Å²) in [4.78, 5) is 12.3. The first-order valence-corrected chi connectivity index (χ1v) is 5.27. The highest BCUT2D eigenvalue weighted by molar-refractivity contribution is 5.78. The third-order valence-corrected chi connectivity index (χ3v) is 2.58. The molecule has 1 fully saturated rings. The Morgan fingerprint density at radius 3 is 2.29 bits per heavy atom. The van der Waals surface area contributed by atoms with Gasteiger partial charge in [-0.2, -0.15) is 13.2 Å². The molecule has 1 aliphatic rings. The normalized spacial score (nSPS) is 20.2. The molecule has 1 N–H and O–H groups in total. The van der Waals surface area contributed by atoms with Crippen molar-refractivity contribution in [3.8, 4) is 0 Å². The fourth-order valence-corrected chi connectivity index (χ4v) is 1.66. The summed E-state index contributed by atoms with van der Waals surface area (Å²) in [5, 5.41) is 9.74. The van der Waals surface area contributed by atoms with E-state index >= 15 is 0 Å². The van der Waals surface area contributed by atoms with Crippen LogP contribution in [0.15, 0.2) is 0 Å². The molecule has 17 heavy (non-hydrogen) atoms. The van der Waals surface area contributed by atoms with Gasteiger partial charge in [0, 0.05) is 12.6 Å². The van der Waals surface area contributed by atoms with Crippen molar-refractivity contribution in [3.63, 3.8) is 0 Å². The predicted molar refractivity (Wildman–Crippen MR) is 53.3 cm³/mol. The quantitative estimate of drug-likeness (QED) is 0.743. The summed E-state index contributed by atoms with van der Waals surface area (Å²) >= 11 is 0. The fraction of sp³-hybridized carbons (Fsp3) is 0.900. The van der Waals surface area contributed by atoms with Crippen molar-refractivity contribution in [1.82, 2.24) is 4.90 Å². The first-order chi connectivity index (χ1) is 7.65. The topological polar surface area (TPSA) is 49.8 Å². The van der Waals surface area contributed by atoms with Crippen molar-refractivity contribution in [1.29, 1.82) is 0 Å². The van der Waals surface area contributed by atoms with E-state index in [2.05, 4.69) is 4.74 Å². The number of ether oxygens (including phenoxy) is 1. The Bertz CT molecular complexity index is 287. The average Bonchev–Trinajstić information content (AvgIpc) is 2.95. The summed E-state index contributed by atoms with van der Waals surface area (Å²) in [7, 11) is 1.09. The Morgan fingerprint density at radius 1 is 1.41 bits per heavy atom. The first-order valence-electron chi connectivity index (χ1n) is 5.27. The second-order valence-electron chi connectivity index (χ2n) is 4.52. The van der Waals surface area contributed by atoms with E-state index in [1.54, 1.807) is 0 Å². The standard InChI is InChI=1S/C10H16F3NO3/c1-9(16,8(15)17-2)5-14(7-3-4-7)6-10(11,12)13/h7,16H,3-6H2,1-2H3. The molecule has 100 valence electrons. The minimum atomic E-state index is -4.34. The predicted octanol–water partition coefficient (Wildman–Crippen LogP) is 0.937. The summed E-state index contributed by atoms with van der Waals surface area (Å²) in [5.41, 5.74) is -1.91. The number of aliphatic hydroxyl groups is 1. The van der Waals surface area contributed by atoms with E-state index < -0.39 is 24.3 Å². The van der Waals surface area contributed by atoms with Gasteiger partial charge in [-0.05, 0) is 19.8 Å². The number of esters is 1. The van der Waals surface area contributed by atoms with Crippen LogP contribution in [-0.4, -0.2) is 54.0 Å². The largest absolute Gasteiger partial charge is 0.467 e. The summed E-state index contributed by atoms with van der Waals surface area (Å²) in [5.74, 6) is -0.926. The maximum absolute atomic E-state index is 12.3. The Kier molecular flexibility index (Phi) is 4.03. The molecule has 1 rings (SSSR count). The van der Waals surface area contributed by atoms with Crippen LogP contribution in [0.1, 0.15) is 19.8 Å². The van der Waals surface area contributed by atoms with Gasteiger partial charge >= 0.3 is 12.1 Å². The van der Waals surface area contributed by atoms with Gasteiger partial charge in [0.2, 0.25) is 0 Å². The van der Waals surface area contributed by atoms with Gasteiger partial charge in [-0.1, -0.05) is 0 Å². The van der Waals surface area contributed by atoms with E-state index in [4.69, 9.17) is 0 Å². The zero-order valence-corrected chi connectivity index (χ0v) is 9.75. The van der Waals surface area contributed by atoms with Gasteiger partial charge < -0.3 is 9.84 Å². The second kappa shape index (κ2) is 4.81. The lowest BCUT2D eigenvalue weighted by molar-refractivity contribution is -0.171. The molecule has 0 aromatic rings. The molecule has 0 bridgehead atoms. The maximum Gasteiger partial charge on any atom is 0.401 e. The highest BCUT2D eigenvalue weighted by Crippen LogP contribution is 2.31. The van der Waals surface area contributed by atoms with Gasteiger partial charge in [0.1, 0.15) is 0 Å². The van der Waals surface area contributed by atoms with Crippen LogP contribution in [0.4, 0.5) is 13.2 Å². The molecule has 0 aromatic carbocycles. The zero-order valence-electron chi connectivity index (χ0n) is 9.75. The molecule has 0 aliphatic heterocycles. The molecule has 0 saturated heterocycles. The Hall–Kier alpha value is -0.820. The van der Waals surface area contributed by atoms with Crippen LogP contribution in [0.25, 0.3) is 0 Å². The number of carbonyl (C=O) groups is 1. The van der Waals surface area contributed by atoms with Gasteiger partial charge in [0.05, 0.1) is 13.7 Å². The molecule has 0 radical (unpaired) electrons. The number of methoxy groups -OCH3 is 1. The Labute approximate surface area is 97.3 Å². The van der Waals surface area contributed by atoms with Crippen LogP contribution in [0.5, 0.6) is 0 Å². The summed E-state index contributed by atoms with van der Waals surface area (Å²) in [6.07, 6.45) is -3.02. The van der Waals surface area contributed by atoms with Crippen molar-refractivity contribution in [2.75, 3.05) is 20.2 Å². The van der Waals surface area contributed by atoms with E-state index in [1.807, 2.05) is 0 Å². The third kappa shape index (κ3) is 4.51. The van der Waals surface area contributed by atoms with Crippen molar-refractivity contribution in [2.24, 2.45) is 0 Å². The average molecular weight is 255 g/mol. The van der Waals surface area contributed by atoms with Gasteiger partial charge in [0.15, 0.2) is 5.60 Å². The van der Waals surface area contributed by atoms with E-state index in [1.165, 1.54) is 0 Å². The summed E-state index contributed by atoms with van der Waals surface area (Å²) in [6.45, 7) is -0.334. The summed E-state index contributed by atoms with van der Waals surface area (Å²) < 4.78 is 41.3. The number of hydrogen-bond donors (Lipinski definition) is 1. The lowest BCUT2D eigenvalue weighted by atomic mass is 10.1. The van der Waals surface area contributed by atoms with Crippen molar-refractivity contribution >= 4 is 5.97 Å². The second-order valence-corrected chi connectivity index (χ2v) is 4.52. The number of alkyl halides is 3. The van der Waals surface area contributed by atoms with Crippen LogP contribution in [0.3, 0.4) is 0 Å². The molecule has 0 amide bonds. The molecule has 0 heterocycles. The molecular weight excluding hydrogens is 239 g/mol. The van der Waals surface area contributed by atoms with E-state index in [0.717, 1.165) is 18.9 Å².